The first kappa shape index (κ1) is 13.7. The van der Waals surface area contributed by atoms with Gasteiger partial charge in [0.2, 0.25) is 0 Å². The average Bonchev–Trinajstić information content (AvgIpc) is 2.23. The minimum atomic E-state index is -0.420. The Morgan fingerprint density at radius 2 is 1.14 bits per heavy atom. The first-order valence-electron chi connectivity index (χ1n) is 3.61. The molecule has 0 rings (SSSR count). The van der Waals surface area contributed by atoms with Gasteiger partial charge in [0.1, 0.15) is 0 Å². The second kappa shape index (κ2) is 7.07. The molecule has 0 fully saturated rings. The molecule has 0 spiro atoms. The predicted octanol–water partition coefficient (Wildman–Crippen LogP) is 0.0486. The molecule has 6 heteroatoms. The van der Waals surface area contributed by atoms with Crippen molar-refractivity contribution in [2.45, 2.75) is 11.6 Å². The summed E-state index contributed by atoms with van der Waals surface area (Å²) in [7, 11) is 2.62. The molecule has 80 valence electrons. The third-order valence-electron chi connectivity index (χ3n) is 1.36. The van der Waals surface area contributed by atoms with Crippen LogP contribution in [0.5, 0.6) is 0 Å². The second-order valence-electron chi connectivity index (χ2n) is 2.05. The van der Waals surface area contributed by atoms with Gasteiger partial charge < -0.3 is 0 Å². The zero-order valence-corrected chi connectivity index (χ0v) is 11.9. The molecule has 0 bridgehead atoms. The number of hydrogen-bond acceptors (Lipinski definition) is 4. The van der Waals surface area contributed by atoms with Crippen LogP contribution in [0.1, 0.15) is 0 Å². The van der Waals surface area contributed by atoms with Crippen LogP contribution in [0.15, 0.2) is 8.94 Å². The molecule has 0 atom stereocenters. The van der Waals surface area contributed by atoms with Crippen LogP contribution in [0.3, 0.4) is 0 Å². The molecule has 0 heterocycles. The third kappa shape index (κ3) is 3.46. The fourth-order valence-corrected chi connectivity index (χ4v) is 4.72. The predicted molar refractivity (Wildman–Crippen MR) is 54.3 cm³/mol. The van der Waals surface area contributed by atoms with Crippen LogP contribution in [0.25, 0.3) is 0 Å². The van der Waals surface area contributed by atoms with Crippen LogP contribution < -0.4 is 0 Å². The molecule has 0 aliphatic rings. The van der Waals surface area contributed by atoms with Crippen molar-refractivity contribution in [1.29, 1.82) is 0 Å². The number of carbonyl (C=O) groups excluding carboxylic acids is 2. The van der Waals surface area contributed by atoms with E-state index in [9.17, 15) is 9.59 Å². The van der Waals surface area contributed by atoms with Crippen LogP contribution in [0.4, 0.5) is 0 Å². The number of rotatable bonds is 4. The Hall–Kier alpha value is -0.281. The Balaban J connectivity index is 5.11. The van der Waals surface area contributed by atoms with Crippen LogP contribution in [-0.2, 0) is 19.1 Å². The third-order valence-corrected chi connectivity index (χ3v) is 5.28. The number of methoxy groups -OCH3 is 2. The van der Waals surface area contributed by atoms with Gasteiger partial charge in [-0.2, -0.15) is 0 Å². The van der Waals surface area contributed by atoms with Gasteiger partial charge in [0.05, 0.1) is 0 Å². The van der Waals surface area contributed by atoms with Gasteiger partial charge in [-0.3, -0.25) is 0 Å². The number of ether oxygens (including phenoxy) is 2. The maximum absolute atomic E-state index is 11.3. The molecule has 14 heavy (non-hydrogen) atoms. The SMILES string of the molecule is COC(=O)/C([Se]C)=C(\[Se]C)C(=O)OC. The Morgan fingerprint density at radius 3 is 1.29 bits per heavy atom. The molecule has 0 aromatic rings. The molecule has 0 aliphatic heterocycles. The van der Waals surface area contributed by atoms with E-state index >= 15 is 0 Å². The molecule has 0 saturated carbocycles. The molecule has 0 aromatic carbocycles. The molecule has 0 unspecified atom stereocenters. The topological polar surface area (TPSA) is 52.6 Å². The Bertz CT molecular complexity index is 234. The molecular weight excluding hydrogens is 318 g/mol. The molecule has 0 radical (unpaired) electrons. The van der Waals surface area contributed by atoms with E-state index in [-0.39, 0.29) is 29.9 Å². The fourth-order valence-electron chi connectivity index (χ4n) is 0.723. The minimum absolute atomic E-state index is 0.0611. The first-order valence-corrected chi connectivity index (χ1v) is 8.75. The summed E-state index contributed by atoms with van der Waals surface area (Å²) in [6.07, 6.45) is 0. The average molecular weight is 330 g/mol. The van der Waals surface area contributed by atoms with E-state index in [0.717, 1.165) is 0 Å². The van der Waals surface area contributed by atoms with Crippen molar-refractivity contribution in [2.24, 2.45) is 0 Å². The van der Waals surface area contributed by atoms with Crippen LogP contribution in [0.2, 0.25) is 11.6 Å². The van der Waals surface area contributed by atoms with Gasteiger partial charge in [-0.1, -0.05) is 0 Å². The summed E-state index contributed by atoms with van der Waals surface area (Å²) >= 11 is -0.122. The monoisotopic (exact) mass is 332 g/mol. The van der Waals surface area contributed by atoms with Crippen molar-refractivity contribution >= 4 is 41.9 Å². The van der Waals surface area contributed by atoms with E-state index in [2.05, 4.69) is 9.47 Å². The molecule has 0 aliphatic carbocycles. The van der Waals surface area contributed by atoms with Gasteiger partial charge in [-0.25, -0.2) is 0 Å². The molecule has 0 saturated heterocycles. The van der Waals surface area contributed by atoms with E-state index in [0.29, 0.717) is 8.94 Å². The van der Waals surface area contributed by atoms with Crippen molar-refractivity contribution in [2.75, 3.05) is 14.2 Å². The summed E-state index contributed by atoms with van der Waals surface area (Å²) < 4.78 is 10.2. The van der Waals surface area contributed by atoms with Crippen molar-refractivity contribution in [3.8, 4) is 0 Å². The van der Waals surface area contributed by atoms with Crippen molar-refractivity contribution < 1.29 is 19.1 Å². The summed E-state index contributed by atoms with van der Waals surface area (Å²) in [6, 6.07) is 0. The van der Waals surface area contributed by atoms with Crippen molar-refractivity contribution in [1.82, 2.24) is 0 Å². The Morgan fingerprint density at radius 1 is 0.857 bits per heavy atom. The summed E-state index contributed by atoms with van der Waals surface area (Å²) in [5.41, 5.74) is 0. The van der Waals surface area contributed by atoms with Gasteiger partial charge in [-0.05, 0) is 0 Å². The Kier molecular flexibility index (Phi) is 6.93. The zero-order valence-electron chi connectivity index (χ0n) is 8.45. The van der Waals surface area contributed by atoms with Crippen LogP contribution >= 0.6 is 0 Å². The van der Waals surface area contributed by atoms with Crippen LogP contribution in [0, 0.1) is 0 Å². The quantitative estimate of drug-likeness (QED) is 0.415. The molecular formula is C8H12O4Se2. The van der Waals surface area contributed by atoms with Gasteiger partial charge >= 0.3 is 95.7 Å². The van der Waals surface area contributed by atoms with Crippen molar-refractivity contribution in [3.63, 3.8) is 0 Å². The summed E-state index contributed by atoms with van der Waals surface area (Å²) in [5, 5.41) is 0. The summed E-state index contributed by atoms with van der Waals surface area (Å²) in [6.45, 7) is 0. The van der Waals surface area contributed by atoms with Gasteiger partial charge in [0, 0.05) is 0 Å². The fraction of sp³-hybridized carbons (Fsp3) is 0.500. The molecule has 0 amide bonds. The number of esters is 2. The molecule has 4 nitrogen and oxygen atoms in total. The van der Waals surface area contributed by atoms with Crippen molar-refractivity contribution in [3.05, 3.63) is 8.94 Å². The van der Waals surface area contributed by atoms with E-state index in [1.807, 2.05) is 11.6 Å². The van der Waals surface area contributed by atoms with Gasteiger partial charge in [0.15, 0.2) is 0 Å². The zero-order chi connectivity index (χ0) is 11.1. The van der Waals surface area contributed by atoms with E-state index < -0.39 is 11.9 Å². The molecule has 0 aromatic heterocycles. The van der Waals surface area contributed by atoms with Crippen LogP contribution in [-0.4, -0.2) is 56.1 Å². The van der Waals surface area contributed by atoms with Gasteiger partial charge in [-0.15, -0.1) is 0 Å². The van der Waals surface area contributed by atoms with E-state index in [1.165, 1.54) is 14.2 Å². The molecule has 0 N–H and O–H groups in total. The normalized spacial score (nSPS) is 11.7. The first-order chi connectivity index (χ1) is 6.62. The summed E-state index contributed by atoms with van der Waals surface area (Å²) in [5.74, 6) is 2.90. The second-order valence-corrected chi connectivity index (χ2v) is 5.48. The maximum atomic E-state index is 11.3. The standard InChI is InChI=1S/C8H12O4Se2/c1-11-7(9)5(13-3)6(14-4)8(10)12-2/h1-4H3/b6-5+. The number of hydrogen-bond donors (Lipinski definition) is 0. The Labute approximate surface area is 95.7 Å². The summed E-state index contributed by atoms with van der Waals surface area (Å²) in [4.78, 5) is 22.6. The van der Waals surface area contributed by atoms with E-state index in [4.69, 9.17) is 0 Å². The van der Waals surface area contributed by atoms with Gasteiger partial charge in [0.25, 0.3) is 0 Å². The number of carbonyl (C=O) groups is 2. The van der Waals surface area contributed by atoms with E-state index in [1.54, 1.807) is 0 Å².